The number of carbonyl (C=O) groups is 2. The van der Waals surface area contributed by atoms with E-state index in [1.54, 1.807) is 12.1 Å². The first kappa shape index (κ1) is 19.7. The molecule has 0 saturated carbocycles. The molecular weight excluding hydrogens is 400 g/mol. The van der Waals surface area contributed by atoms with Gasteiger partial charge in [0.15, 0.2) is 0 Å². The molecule has 150 valence electrons. The molecule has 0 spiro atoms. The number of nitrogens with zero attached hydrogens (tertiary/aromatic N) is 1. The van der Waals surface area contributed by atoms with Crippen LogP contribution in [0.4, 0.5) is 5.69 Å². The summed E-state index contributed by atoms with van der Waals surface area (Å²) < 4.78 is 6.62. The largest absolute Gasteiger partial charge is 0.465 e. The summed E-state index contributed by atoms with van der Waals surface area (Å²) in [7, 11) is 3.12. The number of anilines is 1. The average molecular weight is 419 g/mol. The minimum absolute atomic E-state index is 0.198. The second kappa shape index (κ2) is 8.05. The third-order valence-electron chi connectivity index (χ3n) is 5.02. The zero-order valence-electron chi connectivity index (χ0n) is 16.5. The Kier molecular flexibility index (Phi) is 5.29. The van der Waals surface area contributed by atoms with Gasteiger partial charge < -0.3 is 14.6 Å². The van der Waals surface area contributed by atoms with E-state index in [0.717, 1.165) is 22.0 Å². The maximum absolute atomic E-state index is 13.0. The van der Waals surface area contributed by atoms with Gasteiger partial charge in [0.1, 0.15) is 5.69 Å². The predicted octanol–water partition coefficient (Wildman–Crippen LogP) is 5.54. The van der Waals surface area contributed by atoms with Crippen molar-refractivity contribution >= 4 is 40.1 Å². The molecule has 0 bridgehead atoms. The minimum Gasteiger partial charge on any atom is -0.465 e. The molecule has 0 unspecified atom stereocenters. The number of aromatic nitrogens is 1. The summed E-state index contributed by atoms with van der Waals surface area (Å²) >= 11 is 5.99. The number of amides is 1. The Morgan fingerprint density at radius 1 is 0.933 bits per heavy atom. The Balaban J connectivity index is 1.69. The molecule has 3 aromatic carbocycles. The van der Waals surface area contributed by atoms with E-state index in [9.17, 15) is 9.59 Å². The molecule has 1 aromatic heterocycles. The van der Waals surface area contributed by atoms with Crippen LogP contribution in [-0.4, -0.2) is 23.6 Å². The molecule has 1 heterocycles. The molecule has 0 aliphatic heterocycles. The van der Waals surface area contributed by atoms with Crippen LogP contribution in [0.2, 0.25) is 5.02 Å². The van der Waals surface area contributed by atoms with Gasteiger partial charge in [-0.3, -0.25) is 4.79 Å². The van der Waals surface area contributed by atoms with E-state index in [4.69, 9.17) is 16.3 Å². The molecule has 0 fully saturated rings. The highest BCUT2D eigenvalue weighted by atomic mass is 35.5. The van der Waals surface area contributed by atoms with Gasteiger partial charge in [-0.2, -0.15) is 0 Å². The molecule has 4 rings (SSSR count). The minimum atomic E-state index is -0.572. The third-order valence-corrected chi connectivity index (χ3v) is 5.25. The standard InChI is InChI=1S/C24H19ClN2O3/c1-27-21-11-8-16(15-6-4-3-5-7-15)12-17(21)13-22(27)23(28)26-20-10-9-18(25)14-19(20)24(29)30-2/h3-14H,1-2H3,(H,26,28). The maximum atomic E-state index is 13.0. The molecule has 0 aliphatic rings. The van der Waals surface area contributed by atoms with E-state index in [2.05, 4.69) is 11.4 Å². The van der Waals surface area contributed by atoms with Crippen molar-refractivity contribution < 1.29 is 14.3 Å². The number of aryl methyl sites for hydroxylation is 1. The highest BCUT2D eigenvalue weighted by Gasteiger charge is 2.18. The summed E-state index contributed by atoms with van der Waals surface area (Å²) in [4.78, 5) is 25.0. The fourth-order valence-corrected chi connectivity index (χ4v) is 3.64. The number of methoxy groups -OCH3 is 1. The van der Waals surface area contributed by atoms with Crippen LogP contribution in [0, 0.1) is 0 Å². The van der Waals surface area contributed by atoms with Gasteiger partial charge in [0.05, 0.1) is 18.4 Å². The van der Waals surface area contributed by atoms with E-state index in [1.807, 2.05) is 60.1 Å². The molecule has 0 radical (unpaired) electrons. The van der Waals surface area contributed by atoms with Crippen molar-refractivity contribution in [1.29, 1.82) is 0 Å². The summed E-state index contributed by atoms with van der Waals surface area (Å²) in [6.45, 7) is 0. The highest BCUT2D eigenvalue weighted by Crippen LogP contribution is 2.27. The Labute approximate surface area is 178 Å². The summed E-state index contributed by atoms with van der Waals surface area (Å²) in [6, 6.07) is 22.7. The number of fused-ring (bicyclic) bond motifs is 1. The molecule has 6 heteroatoms. The van der Waals surface area contributed by atoms with Gasteiger partial charge in [0.25, 0.3) is 5.91 Å². The summed E-state index contributed by atoms with van der Waals surface area (Å²) in [5.74, 6) is -0.903. The van der Waals surface area contributed by atoms with Gasteiger partial charge in [0.2, 0.25) is 0 Å². The molecule has 4 aromatic rings. The number of carbonyl (C=O) groups excluding carboxylic acids is 2. The first-order chi connectivity index (χ1) is 14.5. The number of halogens is 1. The lowest BCUT2D eigenvalue weighted by atomic mass is 10.0. The van der Waals surface area contributed by atoms with Crippen molar-refractivity contribution in [3.63, 3.8) is 0 Å². The second-order valence-electron chi connectivity index (χ2n) is 6.86. The summed E-state index contributed by atoms with van der Waals surface area (Å²) in [5.41, 5.74) is 4.13. The van der Waals surface area contributed by atoms with Crippen LogP contribution in [0.15, 0.2) is 72.8 Å². The van der Waals surface area contributed by atoms with Crippen LogP contribution >= 0.6 is 11.6 Å². The zero-order chi connectivity index (χ0) is 21.3. The normalized spacial score (nSPS) is 10.8. The fraction of sp³-hybridized carbons (Fsp3) is 0.0833. The average Bonchev–Trinajstić information content (AvgIpc) is 3.11. The number of rotatable bonds is 4. The zero-order valence-corrected chi connectivity index (χ0v) is 17.2. The lowest BCUT2D eigenvalue weighted by Gasteiger charge is -2.11. The van der Waals surface area contributed by atoms with Crippen molar-refractivity contribution in [3.05, 3.63) is 89.1 Å². The number of ether oxygens (including phenoxy) is 1. The van der Waals surface area contributed by atoms with Gasteiger partial charge >= 0.3 is 5.97 Å². The van der Waals surface area contributed by atoms with Crippen molar-refractivity contribution in [2.24, 2.45) is 7.05 Å². The van der Waals surface area contributed by atoms with Crippen molar-refractivity contribution in [3.8, 4) is 11.1 Å². The first-order valence-corrected chi connectivity index (χ1v) is 9.70. The topological polar surface area (TPSA) is 60.3 Å². The van der Waals surface area contributed by atoms with Gasteiger partial charge in [-0.15, -0.1) is 0 Å². The Morgan fingerprint density at radius 3 is 2.43 bits per heavy atom. The predicted molar refractivity (Wildman–Crippen MR) is 119 cm³/mol. The number of hydrogen-bond acceptors (Lipinski definition) is 3. The highest BCUT2D eigenvalue weighted by molar-refractivity contribution is 6.31. The van der Waals surface area contributed by atoms with Crippen molar-refractivity contribution in [2.75, 3.05) is 12.4 Å². The fourth-order valence-electron chi connectivity index (χ4n) is 3.47. The Bertz CT molecular complexity index is 1260. The van der Waals surface area contributed by atoms with Gasteiger partial charge in [-0.25, -0.2) is 4.79 Å². The van der Waals surface area contributed by atoms with Crippen molar-refractivity contribution in [2.45, 2.75) is 0 Å². The van der Waals surface area contributed by atoms with Gasteiger partial charge in [0, 0.05) is 23.0 Å². The van der Waals surface area contributed by atoms with Crippen molar-refractivity contribution in [1.82, 2.24) is 4.57 Å². The van der Waals surface area contributed by atoms with Crippen LogP contribution in [0.3, 0.4) is 0 Å². The van der Waals surface area contributed by atoms with E-state index >= 15 is 0 Å². The molecular formula is C24H19ClN2O3. The molecule has 5 nitrogen and oxygen atoms in total. The molecule has 0 aliphatic carbocycles. The SMILES string of the molecule is COC(=O)c1cc(Cl)ccc1NC(=O)c1cc2cc(-c3ccccc3)ccc2n1C. The van der Waals surface area contributed by atoms with Crippen LogP contribution in [0.1, 0.15) is 20.8 Å². The van der Waals surface area contributed by atoms with Gasteiger partial charge in [-0.05, 0) is 47.5 Å². The quantitative estimate of drug-likeness (QED) is 0.443. The molecule has 1 N–H and O–H groups in total. The summed E-state index contributed by atoms with van der Waals surface area (Å²) in [6.07, 6.45) is 0. The van der Waals surface area contributed by atoms with E-state index in [0.29, 0.717) is 16.4 Å². The lowest BCUT2D eigenvalue weighted by molar-refractivity contribution is 0.0602. The number of benzene rings is 3. The van der Waals surface area contributed by atoms with Crippen LogP contribution in [-0.2, 0) is 11.8 Å². The van der Waals surface area contributed by atoms with Crippen LogP contribution in [0.5, 0.6) is 0 Å². The monoisotopic (exact) mass is 418 g/mol. The van der Waals surface area contributed by atoms with Gasteiger partial charge in [-0.1, -0.05) is 48.0 Å². The van der Waals surface area contributed by atoms with E-state index < -0.39 is 5.97 Å². The smallest absolute Gasteiger partial charge is 0.340 e. The Morgan fingerprint density at radius 2 is 1.70 bits per heavy atom. The molecule has 0 atom stereocenters. The lowest BCUT2D eigenvalue weighted by Crippen LogP contribution is -2.18. The number of hydrogen-bond donors (Lipinski definition) is 1. The summed E-state index contributed by atoms with van der Waals surface area (Å²) in [5, 5.41) is 4.13. The molecule has 0 saturated heterocycles. The number of nitrogens with one attached hydrogen (secondary N) is 1. The van der Waals surface area contributed by atoms with E-state index in [-0.39, 0.29) is 11.5 Å². The van der Waals surface area contributed by atoms with E-state index in [1.165, 1.54) is 13.2 Å². The maximum Gasteiger partial charge on any atom is 0.340 e. The van der Waals surface area contributed by atoms with Crippen LogP contribution in [0.25, 0.3) is 22.0 Å². The van der Waals surface area contributed by atoms with Crippen LogP contribution < -0.4 is 5.32 Å². The first-order valence-electron chi connectivity index (χ1n) is 9.32. The Hall–Kier alpha value is -3.57. The molecule has 1 amide bonds. The third kappa shape index (κ3) is 3.67. The number of esters is 1. The second-order valence-corrected chi connectivity index (χ2v) is 7.30. The molecule has 30 heavy (non-hydrogen) atoms.